The van der Waals surface area contributed by atoms with Crippen LogP contribution in [0.3, 0.4) is 0 Å². The molecular weight excluding hydrogens is 715 g/mol. The number of hydrogen-bond acceptors (Lipinski definition) is 3. The largest absolute Gasteiger partial charge is 0.310 e. The predicted octanol–water partition coefficient (Wildman–Crippen LogP) is 15.5. The molecule has 8 aromatic rings. The molecular formula is C56H53N3. The molecule has 8 rings (SSSR count). The zero-order valence-corrected chi connectivity index (χ0v) is 35.6. The van der Waals surface area contributed by atoms with E-state index in [1.165, 1.54) is 33.4 Å². The second kappa shape index (κ2) is 16.0. The second-order valence-corrected chi connectivity index (χ2v) is 17.8. The number of nitrogens with zero attached hydrogens (tertiary/aromatic N) is 3. The number of aryl methyl sites for hydroxylation is 2. The Morgan fingerprint density at radius 3 is 1.15 bits per heavy atom. The van der Waals surface area contributed by atoms with Crippen molar-refractivity contribution in [2.75, 3.05) is 4.90 Å². The average Bonchev–Trinajstić information content (AvgIpc) is 3.24. The maximum atomic E-state index is 5.08. The van der Waals surface area contributed by atoms with E-state index in [1.807, 2.05) is 12.4 Å². The minimum absolute atomic E-state index is 0.138. The lowest BCUT2D eigenvalue weighted by molar-refractivity contribution is 0.590. The van der Waals surface area contributed by atoms with E-state index in [1.54, 1.807) is 0 Å². The molecule has 2 aromatic heterocycles. The van der Waals surface area contributed by atoms with Crippen LogP contribution in [0, 0.1) is 13.8 Å². The van der Waals surface area contributed by atoms with E-state index in [0.29, 0.717) is 0 Å². The lowest BCUT2D eigenvalue weighted by atomic mass is 9.84. The van der Waals surface area contributed by atoms with Crippen LogP contribution in [0.15, 0.2) is 176 Å². The van der Waals surface area contributed by atoms with Gasteiger partial charge in [0.05, 0.1) is 17.1 Å². The molecule has 0 saturated heterocycles. The minimum atomic E-state index is -0.138. The van der Waals surface area contributed by atoms with E-state index in [-0.39, 0.29) is 10.8 Å². The van der Waals surface area contributed by atoms with E-state index in [9.17, 15) is 0 Å². The van der Waals surface area contributed by atoms with Gasteiger partial charge in [0.1, 0.15) is 0 Å². The normalized spacial score (nSPS) is 11.7. The van der Waals surface area contributed by atoms with Crippen molar-refractivity contribution >= 4 is 17.1 Å². The highest BCUT2D eigenvalue weighted by atomic mass is 15.1. The van der Waals surface area contributed by atoms with Crippen molar-refractivity contribution in [1.82, 2.24) is 9.97 Å². The van der Waals surface area contributed by atoms with Gasteiger partial charge in [-0.15, -0.1) is 0 Å². The fourth-order valence-electron chi connectivity index (χ4n) is 7.82. The Bertz CT molecular complexity index is 2590. The first-order chi connectivity index (χ1) is 28.3. The van der Waals surface area contributed by atoms with Gasteiger partial charge in [-0.2, -0.15) is 0 Å². The molecule has 0 N–H and O–H groups in total. The van der Waals surface area contributed by atoms with Crippen molar-refractivity contribution in [3.05, 3.63) is 198 Å². The first-order valence-electron chi connectivity index (χ1n) is 20.6. The maximum absolute atomic E-state index is 5.08. The highest BCUT2D eigenvalue weighted by Crippen LogP contribution is 2.46. The van der Waals surface area contributed by atoms with Crippen LogP contribution in [0.4, 0.5) is 17.1 Å². The maximum Gasteiger partial charge on any atom is 0.0709 e. The fourth-order valence-corrected chi connectivity index (χ4v) is 7.82. The van der Waals surface area contributed by atoms with Crippen LogP contribution < -0.4 is 4.90 Å². The molecule has 0 aliphatic rings. The third-order valence-electron chi connectivity index (χ3n) is 11.3. The second-order valence-electron chi connectivity index (χ2n) is 17.8. The van der Waals surface area contributed by atoms with Crippen molar-refractivity contribution in [3.8, 4) is 55.9 Å². The van der Waals surface area contributed by atoms with Gasteiger partial charge in [0.15, 0.2) is 0 Å². The summed E-state index contributed by atoms with van der Waals surface area (Å²) in [5.41, 5.74) is 18.8. The van der Waals surface area contributed by atoms with Gasteiger partial charge < -0.3 is 4.90 Å². The van der Waals surface area contributed by atoms with Crippen LogP contribution >= 0.6 is 0 Å². The Morgan fingerprint density at radius 1 is 0.373 bits per heavy atom. The highest BCUT2D eigenvalue weighted by Gasteiger charge is 2.25. The number of rotatable bonds is 8. The first-order valence-corrected chi connectivity index (χ1v) is 20.6. The van der Waals surface area contributed by atoms with E-state index >= 15 is 0 Å². The molecule has 2 heterocycles. The molecule has 0 spiro atoms. The molecule has 0 saturated carbocycles. The molecule has 0 radical (unpaired) electrons. The van der Waals surface area contributed by atoms with Crippen molar-refractivity contribution in [1.29, 1.82) is 0 Å². The molecule has 6 aromatic carbocycles. The Hall–Kier alpha value is -6.58. The summed E-state index contributed by atoms with van der Waals surface area (Å²) >= 11 is 0. The Labute approximate surface area is 351 Å². The van der Waals surface area contributed by atoms with Crippen LogP contribution in [0.25, 0.3) is 55.9 Å². The van der Waals surface area contributed by atoms with Crippen molar-refractivity contribution in [2.45, 2.75) is 66.2 Å². The molecule has 0 atom stereocenters. The Morgan fingerprint density at radius 2 is 0.746 bits per heavy atom. The standard InChI is InChI=1S/C56H53N3/c1-38-36-57-52(34-50(38)41-22-14-10-15-23-41)43-28-45(55(3,4)5)32-47(30-43)59(54-27-19-18-26-49(54)40-20-12-9-13-21-40)48-31-44(29-46(33-48)56(6,7)8)53-35-51(39(2)37-58-53)42-24-16-11-17-25-42/h9-37H,1-8H3. The molecule has 0 bridgehead atoms. The number of benzene rings is 6. The lowest BCUT2D eigenvalue weighted by Gasteiger charge is -2.32. The molecule has 3 nitrogen and oxygen atoms in total. The lowest BCUT2D eigenvalue weighted by Crippen LogP contribution is -2.17. The van der Waals surface area contributed by atoms with Gasteiger partial charge in [-0.3, -0.25) is 9.97 Å². The number of anilines is 3. The summed E-state index contributed by atoms with van der Waals surface area (Å²) in [4.78, 5) is 12.6. The zero-order chi connectivity index (χ0) is 41.3. The van der Waals surface area contributed by atoms with Crippen molar-refractivity contribution in [2.24, 2.45) is 0 Å². The summed E-state index contributed by atoms with van der Waals surface area (Å²) < 4.78 is 0. The monoisotopic (exact) mass is 767 g/mol. The van der Waals surface area contributed by atoms with E-state index in [2.05, 4.69) is 224 Å². The Balaban J connectivity index is 1.41. The summed E-state index contributed by atoms with van der Waals surface area (Å²) in [6.07, 6.45) is 4.03. The van der Waals surface area contributed by atoms with Crippen molar-refractivity contribution in [3.63, 3.8) is 0 Å². The topological polar surface area (TPSA) is 29.0 Å². The Kier molecular flexibility index (Phi) is 10.6. The smallest absolute Gasteiger partial charge is 0.0709 e. The molecule has 59 heavy (non-hydrogen) atoms. The quantitative estimate of drug-likeness (QED) is 0.154. The van der Waals surface area contributed by atoms with Gasteiger partial charge in [-0.05, 0) is 129 Å². The van der Waals surface area contributed by atoms with Gasteiger partial charge >= 0.3 is 0 Å². The van der Waals surface area contributed by atoms with Gasteiger partial charge in [-0.25, -0.2) is 0 Å². The summed E-state index contributed by atoms with van der Waals surface area (Å²) in [6, 6.07) is 59.3. The predicted molar refractivity (Wildman–Crippen MR) is 251 cm³/mol. The van der Waals surface area contributed by atoms with Gasteiger partial charge in [0.25, 0.3) is 0 Å². The van der Waals surface area contributed by atoms with E-state index in [4.69, 9.17) is 9.97 Å². The summed E-state index contributed by atoms with van der Waals surface area (Å²) in [7, 11) is 0. The average molecular weight is 768 g/mol. The summed E-state index contributed by atoms with van der Waals surface area (Å²) in [5, 5.41) is 0. The molecule has 0 unspecified atom stereocenters. The van der Waals surface area contributed by atoms with Crippen LogP contribution in [-0.4, -0.2) is 9.97 Å². The minimum Gasteiger partial charge on any atom is -0.310 e. The number of aromatic nitrogens is 2. The molecule has 0 fully saturated rings. The van der Waals surface area contributed by atoms with E-state index in [0.717, 1.165) is 61.8 Å². The van der Waals surface area contributed by atoms with Gasteiger partial charge in [0, 0.05) is 40.5 Å². The SMILES string of the molecule is Cc1cnc(-c2cc(N(c3cc(-c4cc(-c5ccccc5)c(C)cn4)cc(C(C)(C)C)c3)c3ccccc3-c3ccccc3)cc(C(C)(C)C)c2)cc1-c1ccccc1. The number of pyridine rings is 2. The third kappa shape index (κ3) is 8.38. The van der Waals surface area contributed by atoms with Gasteiger partial charge in [-0.1, -0.05) is 151 Å². The van der Waals surface area contributed by atoms with Crippen LogP contribution in [0.2, 0.25) is 0 Å². The number of para-hydroxylation sites is 1. The highest BCUT2D eigenvalue weighted by molar-refractivity contribution is 5.91. The van der Waals surface area contributed by atoms with E-state index < -0.39 is 0 Å². The molecule has 0 aliphatic heterocycles. The van der Waals surface area contributed by atoms with Gasteiger partial charge in [0.2, 0.25) is 0 Å². The molecule has 3 heteroatoms. The van der Waals surface area contributed by atoms with Crippen LogP contribution in [-0.2, 0) is 10.8 Å². The third-order valence-corrected chi connectivity index (χ3v) is 11.3. The van der Waals surface area contributed by atoms with Crippen molar-refractivity contribution < 1.29 is 0 Å². The molecule has 0 aliphatic carbocycles. The first kappa shape index (κ1) is 39.3. The number of hydrogen-bond donors (Lipinski definition) is 0. The molecule has 0 amide bonds. The van der Waals surface area contributed by atoms with Crippen LogP contribution in [0.1, 0.15) is 63.8 Å². The van der Waals surface area contributed by atoms with Crippen LogP contribution in [0.5, 0.6) is 0 Å². The zero-order valence-electron chi connectivity index (χ0n) is 35.6. The molecule has 292 valence electrons. The fraction of sp³-hybridized carbons (Fsp3) is 0.179. The summed E-state index contributed by atoms with van der Waals surface area (Å²) in [5.74, 6) is 0. The summed E-state index contributed by atoms with van der Waals surface area (Å²) in [6.45, 7) is 18.0.